The molecule has 0 amide bonds. The molecule has 2 heteroatoms. The summed E-state index contributed by atoms with van der Waals surface area (Å²) in [7, 11) is 0. The second-order valence-corrected chi connectivity index (χ2v) is 6.06. The van der Waals surface area contributed by atoms with Gasteiger partial charge in [-0.2, -0.15) is 0 Å². The molecule has 2 rings (SSSR count). The molecule has 0 radical (unpaired) electrons. The Morgan fingerprint density at radius 2 is 1.75 bits per heavy atom. The van der Waals surface area contributed by atoms with E-state index in [1.54, 1.807) is 0 Å². The monoisotopic (exact) mass is 332 g/mol. The number of aryl methyl sites for hydroxylation is 3. The fraction of sp³-hybridized carbons (Fsp3) is 0.333. The molecular weight excluding hydrogens is 312 g/mol. The number of benzene rings is 2. The molecule has 0 aliphatic rings. The Labute approximate surface area is 129 Å². The molecule has 0 bridgehead atoms. The Kier molecular flexibility index (Phi) is 5.00. The van der Waals surface area contributed by atoms with Crippen molar-refractivity contribution >= 4 is 15.9 Å². The van der Waals surface area contributed by atoms with Crippen LogP contribution in [0.15, 0.2) is 40.9 Å². The van der Waals surface area contributed by atoms with Crippen molar-refractivity contribution in [3.63, 3.8) is 0 Å². The summed E-state index contributed by atoms with van der Waals surface area (Å²) in [4.78, 5) is 0. The number of halogens is 1. The first-order valence-corrected chi connectivity index (χ1v) is 7.91. The molecule has 1 nitrogen and oxygen atoms in total. The highest BCUT2D eigenvalue weighted by molar-refractivity contribution is 9.10. The highest BCUT2D eigenvalue weighted by Crippen LogP contribution is 2.30. The van der Waals surface area contributed by atoms with E-state index in [4.69, 9.17) is 0 Å². The first-order valence-electron chi connectivity index (χ1n) is 7.12. The smallest absolute Gasteiger partial charge is 0.105 e. The second-order valence-electron chi connectivity index (χ2n) is 5.14. The number of rotatable bonds is 4. The van der Waals surface area contributed by atoms with Gasteiger partial charge in [0.15, 0.2) is 0 Å². The van der Waals surface area contributed by atoms with Crippen molar-refractivity contribution in [1.82, 2.24) is 0 Å². The van der Waals surface area contributed by atoms with Gasteiger partial charge in [-0.05, 0) is 59.7 Å². The van der Waals surface area contributed by atoms with E-state index in [-0.39, 0.29) is 0 Å². The van der Waals surface area contributed by atoms with E-state index < -0.39 is 6.10 Å². The normalized spacial score (nSPS) is 12.4. The molecule has 2 aromatic carbocycles. The minimum absolute atomic E-state index is 0.551. The lowest BCUT2D eigenvalue weighted by Gasteiger charge is -2.18. The van der Waals surface area contributed by atoms with E-state index in [9.17, 15) is 5.11 Å². The zero-order valence-corrected chi connectivity index (χ0v) is 13.9. The zero-order chi connectivity index (χ0) is 14.7. The summed E-state index contributed by atoms with van der Waals surface area (Å²) in [6, 6.07) is 12.5. The van der Waals surface area contributed by atoms with Crippen molar-refractivity contribution in [1.29, 1.82) is 0 Å². The van der Waals surface area contributed by atoms with E-state index in [0.717, 1.165) is 34.0 Å². The molecule has 0 heterocycles. The molecule has 0 saturated carbocycles. The zero-order valence-electron chi connectivity index (χ0n) is 12.3. The molecule has 0 spiro atoms. The summed E-state index contributed by atoms with van der Waals surface area (Å²) in [5, 5.41) is 10.8. The molecule has 0 saturated heterocycles. The number of aliphatic hydroxyl groups excluding tert-OH is 1. The Hall–Kier alpha value is -1.12. The average molecular weight is 333 g/mol. The fourth-order valence-electron chi connectivity index (χ4n) is 2.55. The van der Waals surface area contributed by atoms with Gasteiger partial charge in [-0.15, -0.1) is 0 Å². The lowest BCUT2D eigenvalue weighted by molar-refractivity contribution is 0.218. The van der Waals surface area contributed by atoms with E-state index in [2.05, 4.69) is 48.0 Å². The number of hydrogen-bond donors (Lipinski definition) is 1. The van der Waals surface area contributed by atoms with Crippen LogP contribution in [0.5, 0.6) is 0 Å². The minimum atomic E-state index is -0.551. The van der Waals surface area contributed by atoms with Crippen LogP contribution in [-0.2, 0) is 12.8 Å². The van der Waals surface area contributed by atoms with Crippen molar-refractivity contribution in [2.45, 2.75) is 39.7 Å². The Morgan fingerprint density at radius 1 is 1.00 bits per heavy atom. The SMILES string of the molecule is CCc1ccc(CC)c(C(O)c2ccc(Br)cc2C)c1. The quantitative estimate of drug-likeness (QED) is 0.838. The van der Waals surface area contributed by atoms with Crippen LogP contribution >= 0.6 is 15.9 Å². The summed E-state index contributed by atoms with van der Waals surface area (Å²) < 4.78 is 1.05. The summed E-state index contributed by atoms with van der Waals surface area (Å²) in [6.07, 6.45) is 1.37. The highest BCUT2D eigenvalue weighted by atomic mass is 79.9. The maximum Gasteiger partial charge on any atom is 0.105 e. The molecule has 20 heavy (non-hydrogen) atoms. The molecule has 1 N–H and O–H groups in total. The average Bonchev–Trinajstić information content (AvgIpc) is 2.46. The minimum Gasteiger partial charge on any atom is -0.384 e. The summed E-state index contributed by atoms with van der Waals surface area (Å²) in [5.41, 5.74) is 5.62. The van der Waals surface area contributed by atoms with Gasteiger partial charge in [0.1, 0.15) is 6.10 Å². The van der Waals surface area contributed by atoms with Gasteiger partial charge in [0.2, 0.25) is 0 Å². The lowest BCUT2D eigenvalue weighted by atomic mass is 9.91. The predicted molar refractivity (Wildman–Crippen MR) is 88.1 cm³/mol. The van der Waals surface area contributed by atoms with Crippen LogP contribution in [0.25, 0.3) is 0 Å². The van der Waals surface area contributed by atoms with E-state index in [1.165, 1.54) is 11.1 Å². The van der Waals surface area contributed by atoms with Gasteiger partial charge in [-0.3, -0.25) is 0 Å². The molecule has 1 unspecified atom stereocenters. The van der Waals surface area contributed by atoms with Crippen LogP contribution < -0.4 is 0 Å². The maximum absolute atomic E-state index is 10.8. The topological polar surface area (TPSA) is 20.2 Å². The third kappa shape index (κ3) is 3.13. The van der Waals surface area contributed by atoms with Gasteiger partial charge in [0.25, 0.3) is 0 Å². The Bertz CT molecular complexity index is 604. The molecule has 0 fully saturated rings. The van der Waals surface area contributed by atoms with E-state index in [1.807, 2.05) is 25.1 Å². The summed E-state index contributed by atoms with van der Waals surface area (Å²) in [6.45, 7) is 6.31. The molecule has 1 atom stereocenters. The van der Waals surface area contributed by atoms with Gasteiger partial charge in [0.05, 0.1) is 0 Å². The van der Waals surface area contributed by atoms with Gasteiger partial charge in [0, 0.05) is 4.47 Å². The highest BCUT2D eigenvalue weighted by Gasteiger charge is 2.16. The number of hydrogen-bond acceptors (Lipinski definition) is 1. The van der Waals surface area contributed by atoms with Crippen molar-refractivity contribution in [3.05, 3.63) is 68.7 Å². The molecule has 0 aliphatic heterocycles. The van der Waals surface area contributed by atoms with Gasteiger partial charge < -0.3 is 5.11 Å². The molecule has 0 aliphatic carbocycles. The van der Waals surface area contributed by atoms with E-state index >= 15 is 0 Å². The van der Waals surface area contributed by atoms with Crippen LogP contribution in [0.3, 0.4) is 0 Å². The maximum atomic E-state index is 10.8. The third-order valence-electron chi connectivity index (χ3n) is 3.82. The Morgan fingerprint density at radius 3 is 2.35 bits per heavy atom. The molecule has 2 aromatic rings. The summed E-state index contributed by atoms with van der Waals surface area (Å²) in [5.74, 6) is 0. The largest absolute Gasteiger partial charge is 0.384 e. The van der Waals surface area contributed by atoms with Crippen molar-refractivity contribution in [2.75, 3.05) is 0 Å². The van der Waals surface area contributed by atoms with Crippen molar-refractivity contribution in [2.24, 2.45) is 0 Å². The third-order valence-corrected chi connectivity index (χ3v) is 4.31. The van der Waals surface area contributed by atoms with Crippen molar-refractivity contribution in [3.8, 4) is 0 Å². The molecule has 0 aromatic heterocycles. The first kappa shape index (κ1) is 15.3. The molecule has 106 valence electrons. The van der Waals surface area contributed by atoms with Crippen LogP contribution in [0.4, 0.5) is 0 Å². The second kappa shape index (κ2) is 6.55. The standard InChI is InChI=1S/C18H21BrO/c1-4-13-6-7-14(5-2)17(11-13)18(20)16-9-8-15(19)10-12(16)3/h6-11,18,20H,4-5H2,1-3H3. The van der Waals surface area contributed by atoms with Crippen molar-refractivity contribution < 1.29 is 5.11 Å². The van der Waals surface area contributed by atoms with Gasteiger partial charge in [-0.1, -0.05) is 54.0 Å². The molecular formula is C18H21BrO. The van der Waals surface area contributed by atoms with Crippen LogP contribution in [0.2, 0.25) is 0 Å². The van der Waals surface area contributed by atoms with Crippen LogP contribution in [0.1, 0.15) is 47.8 Å². The first-order chi connectivity index (χ1) is 9.56. The number of aliphatic hydroxyl groups is 1. The fourth-order valence-corrected chi connectivity index (χ4v) is 3.03. The summed E-state index contributed by atoms with van der Waals surface area (Å²) >= 11 is 3.47. The predicted octanol–water partition coefficient (Wildman–Crippen LogP) is 4.96. The van der Waals surface area contributed by atoms with Crippen LogP contribution in [0, 0.1) is 6.92 Å². The van der Waals surface area contributed by atoms with Crippen LogP contribution in [-0.4, -0.2) is 5.11 Å². The van der Waals surface area contributed by atoms with E-state index in [0.29, 0.717) is 0 Å². The van der Waals surface area contributed by atoms with Gasteiger partial charge in [-0.25, -0.2) is 0 Å². The van der Waals surface area contributed by atoms with Gasteiger partial charge >= 0.3 is 0 Å². The Balaban J connectivity index is 2.48. The lowest BCUT2D eigenvalue weighted by Crippen LogP contribution is -2.06.